The molecular weight excluding hydrogens is 362 g/mol. The summed E-state index contributed by atoms with van der Waals surface area (Å²) in [7, 11) is 1.75. The van der Waals surface area contributed by atoms with Crippen LogP contribution in [0.15, 0.2) is 23.6 Å². The van der Waals surface area contributed by atoms with E-state index >= 15 is 0 Å². The Morgan fingerprint density at radius 1 is 1.30 bits per heavy atom. The van der Waals surface area contributed by atoms with Gasteiger partial charge in [0.2, 0.25) is 5.91 Å². The smallest absolute Gasteiger partial charge is 0.267 e. The van der Waals surface area contributed by atoms with Gasteiger partial charge in [0, 0.05) is 23.9 Å². The fourth-order valence-corrected chi connectivity index (χ4v) is 4.43. The van der Waals surface area contributed by atoms with Crippen LogP contribution < -0.4 is 15.0 Å². The molecule has 1 atom stereocenters. The summed E-state index contributed by atoms with van der Waals surface area (Å²) < 4.78 is 5.66. The minimum atomic E-state index is -0.478. The summed E-state index contributed by atoms with van der Waals surface area (Å²) in [5.41, 5.74) is 2.40. The third kappa shape index (κ3) is 3.56. The first-order chi connectivity index (χ1) is 13.0. The van der Waals surface area contributed by atoms with Crippen LogP contribution in [0.4, 0.5) is 10.8 Å². The molecule has 2 aromatic rings. The molecule has 0 radical (unpaired) electrons. The number of thiazole rings is 1. The van der Waals surface area contributed by atoms with Gasteiger partial charge >= 0.3 is 0 Å². The molecule has 142 valence electrons. The maximum absolute atomic E-state index is 12.4. The van der Waals surface area contributed by atoms with Gasteiger partial charge in [0.1, 0.15) is 5.75 Å². The minimum Gasteiger partial charge on any atom is -0.479 e. The van der Waals surface area contributed by atoms with Crippen LogP contribution in [-0.4, -0.2) is 29.9 Å². The zero-order chi connectivity index (χ0) is 19.0. The second kappa shape index (κ2) is 7.31. The van der Waals surface area contributed by atoms with Crippen LogP contribution in [0.5, 0.6) is 5.75 Å². The van der Waals surface area contributed by atoms with E-state index in [9.17, 15) is 9.59 Å². The van der Waals surface area contributed by atoms with Crippen LogP contribution in [0.2, 0.25) is 0 Å². The van der Waals surface area contributed by atoms with Crippen molar-refractivity contribution < 1.29 is 14.3 Å². The lowest BCUT2D eigenvalue weighted by Gasteiger charge is -2.30. The van der Waals surface area contributed by atoms with Crippen molar-refractivity contribution in [1.29, 1.82) is 0 Å². The molecule has 1 fully saturated rings. The van der Waals surface area contributed by atoms with Crippen LogP contribution in [0.25, 0.3) is 11.3 Å². The van der Waals surface area contributed by atoms with Gasteiger partial charge in [0.05, 0.1) is 11.4 Å². The van der Waals surface area contributed by atoms with Crippen molar-refractivity contribution in [3.63, 3.8) is 0 Å². The normalized spacial score (nSPS) is 20.1. The average molecular weight is 385 g/mol. The highest BCUT2D eigenvalue weighted by Gasteiger charge is 2.29. The second-order valence-electron chi connectivity index (χ2n) is 7.20. The number of carbonyl (C=O) groups excluding carboxylic acids is 2. The number of hydrogen-bond donors (Lipinski definition) is 1. The van der Waals surface area contributed by atoms with E-state index in [0.29, 0.717) is 10.9 Å². The van der Waals surface area contributed by atoms with E-state index < -0.39 is 6.10 Å². The molecule has 6 nitrogen and oxygen atoms in total. The molecule has 2 amide bonds. The number of likely N-dealkylation sites (N-methyl/N-ethyl adjacent to an activating group) is 1. The standard InChI is InChI=1S/C20H23N3O3S/c1-12-19(25)23(2)16-10-14(8-9-17(16)26-12)15-11-27-20(21-15)22-18(24)13-6-4-3-5-7-13/h8-13H,3-7H2,1-2H3,(H,21,22,24)/t12-/m1/s1. The van der Waals surface area contributed by atoms with Crippen LogP contribution >= 0.6 is 11.3 Å². The quantitative estimate of drug-likeness (QED) is 0.864. The molecule has 1 saturated carbocycles. The summed E-state index contributed by atoms with van der Waals surface area (Å²) in [4.78, 5) is 30.7. The lowest BCUT2D eigenvalue weighted by atomic mass is 9.89. The van der Waals surface area contributed by atoms with Crippen molar-refractivity contribution in [2.45, 2.75) is 45.1 Å². The van der Waals surface area contributed by atoms with Gasteiger partial charge in [-0.15, -0.1) is 11.3 Å². The minimum absolute atomic E-state index is 0.0710. The maximum atomic E-state index is 12.4. The number of anilines is 2. The largest absolute Gasteiger partial charge is 0.479 e. The number of amides is 2. The van der Waals surface area contributed by atoms with Crippen molar-refractivity contribution >= 4 is 34.0 Å². The number of carbonyl (C=O) groups is 2. The third-order valence-corrected chi connectivity index (χ3v) is 6.07. The Bertz CT molecular complexity index is 873. The van der Waals surface area contributed by atoms with Gasteiger partial charge in [0.25, 0.3) is 5.91 Å². The van der Waals surface area contributed by atoms with Crippen molar-refractivity contribution in [3.8, 4) is 17.0 Å². The second-order valence-corrected chi connectivity index (χ2v) is 8.06. The van der Waals surface area contributed by atoms with E-state index in [4.69, 9.17) is 4.74 Å². The van der Waals surface area contributed by atoms with Gasteiger partial charge < -0.3 is 15.0 Å². The van der Waals surface area contributed by atoms with Gasteiger partial charge in [-0.1, -0.05) is 19.3 Å². The van der Waals surface area contributed by atoms with Gasteiger partial charge in [-0.2, -0.15) is 0 Å². The highest BCUT2D eigenvalue weighted by atomic mass is 32.1. The first-order valence-electron chi connectivity index (χ1n) is 9.38. The van der Waals surface area contributed by atoms with E-state index in [1.54, 1.807) is 18.9 Å². The number of benzene rings is 1. The summed E-state index contributed by atoms with van der Waals surface area (Å²) in [5.74, 6) is 0.801. The molecule has 0 unspecified atom stereocenters. The predicted molar refractivity (Wildman–Crippen MR) is 106 cm³/mol. The number of rotatable bonds is 3. The molecule has 2 aliphatic rings. The summed E-state index contributed by atoms with van der Waals surface area (Å²) in [6, 6.07) is 5.70. The molecule has 7 heteroatoms. The monoisotopic (exact) mass is 385 g/mol. The number of hydrogen-bond acceptors (Lipinski definition) is 5. The molecule has 1 aromatic carbocycles. The number of nitrogens with zero attached hydrogens (tertiary/aromatic N) is 2. The fourth-order valence-electron chi connectivity index (χ4n) is 3.71. The molecular formula is C20H23N3O3S. The van der Waals surface area contributed by atoms with E-state index in [0.717, 1.165) is 42.6 Å². The summed E-state index contributed by atoms with van der Waals surface area (Å²) in [5, 5.41) is 5.51. The Balaban J connectivity index is 1.52. The molecule has 1 N–H and O–H groups in total. The third-order valence-electron chi connectivity index (χ3n) is 5.31. The first kappa shape index (κ1) is 18.0. The zero-order valence-electron chi connectivity index (χ0n) is 15.5. The highest BCUT2D eigenvalue weighted by molar-refractivity contribution is 7.14. The Labute approximate surface area is 162 Å². The lowest BCUT2D eigenvalue weighted by molar-refractivity contribution is -0.125. The van der Waals surface area contributed by atoms with Crippen molar-refractivity contribution in [2.24, 2.45) is 5.92 Å². The Morgan fingerprint density at radius 2 is 2.07 bits per heavy atom. The van der Waals surface area contributed by atoms with Crippen molar-refractivity contribution in [1.82, 2.24) is 4.98 Å². The molecule has 0 bridgehead atoms. The highest BCUT2D eigenvalue weighted by Crippen LogP contribution is 2.37. The summed E-state index contributed by atoms with van der Waals surface area (Å²) in [6.45, 7) is 1.75. The van der Waals surface area contributed by atoms with Gasteiger partial charge in [0.15, 0.2) is 11.2 Å². The summed E-state index contributed by atoms with van der Waals surface area (Å²) >= 11 is 1.42. The van der Waals surface area contributed by atoms with Crippen LogP contribution in [-0.2, 0) is 9.59 Å². The Hall–Kier alpha value is -2.41. The van der Waals surface area contributed by atoms with E-state index in [1.807, 2.05) is 23.6 Å². The molecule has 27 heavy (non-hydrogen) atoms. The van der Waals surface area contributed by atoms with Gasteiger partial charge in [-0.3, -0.25) is 9.59 Å². The van der Waals surface area contributed by atoms with E-state index in [2.05, 4.69) is 10.3 Å². The van der Waals surface area contributed by atoms with Crippen LogP contribution in [0, 0.1) is 5.92 Å². The molecule has 1 aliphatic heterocycles. The SMILES string of the molecule is C[C@H]1Oc2ccc(-c3csc(NC(=O)C4CCCCC4)n3)cc2N(C)C1=O. The molecule has 0 spiro atoms. The average Bonchev–Trinajstić information content (AvgIpc) is 3.15. The number of nitrogens with one attached hydrogen (secondary N) is 1. The zero-order valence-corrected chi connectivity index (χ0v) is 16.3. The van der Waals surface area contributed by atoms with Gasteiger partial charge in [-0.05, 0) is 38.0 Å². The number of ether oxygens (including phenoxy) is 1. The Morgan fingerprint density at radius 3 is 2.85 bits per heavy atom. The van der Waals surface area contributed by atoms with Gasteiger partial charge in [-0.25, -0.2) is 4.98 Å². The number of fused-ring (bicyclic) bond motifs is 1. The van der Waals surface area contributed by atoms with Crippen LogP contribution in [0.1, 0.15) is 39.0 Å². The Kier molecular flexibility index (Phi) is 4.86. The van der Waals surface area contributed by atoms with Crippen molar-refractivity contribution in [2.75, 3.05) is 17.3 Å². The van der Waals surface area contributed by atoms with E-state index in [1.165, 1.54) is 17.8 Å². The first-order valence-corrected chi connectivity index (χ1v) is 10.3. The molecule has 0 saturated heterocycles. The van der Waals surface area contributed by atoms with Crippen LogP contribution in [0.3, 0.4) is 0 Å². The van der Waals surface area contributed by atoms with Crippen molar-refractivity contribution in [3.05, 3.63) is 23.6 Å². The molecule has 4 rings (SSSR count). The van der Waals surface area contributed by atoms with E-state index in [-0.39, 0.29) is 17.7 Å². The fraction of sp³-hybridized carbons (Fsp3) is 0.450. The summed E-state index contributed by atoms with van der Waals surface area (Å²) in [6.07, 6.45) is 4.94. The lowest BCUT2D eigenvalue weighted by Crippen LogP contribution is -2.41. The molecule has 2 heterocycles. The topological polar surface area (TPSA) is 71.5 Å². The molecule has 1 aliphatic carbocycles. The predicted octanol–water partition coefficient (Wildman–Crippen LogP) is 4.07. The maximum Gasteiger partial charge on any atom is 0.267 e. The molecule has 1 aromatic heterocycles. The number of aromatic nitrogens is 1.